The van der Waals surface area contributed by atoms with Crippen LogP contribution in [0.25, 0.3) is 11.3 Å². The van der Waals surface area contributed by atoms with Crippen molar-refractivity contribution in [2.24, 2.45) is 0 Å². The Labute approximate surface area is 155 Å². The zero-order valence-electron chi connectivity index (χ0n) is 17.0. The second-order valence-corrected chi connectivity index (χ2v) is 7.29. The lowest BCUT2D eigenvalue weighted by atomic mass is 10.1. The molecule has 6 heteroatoms. The maximum Gasteiger partial charge on any atom is 0.0951 e. The van der Waals surface area contributed by atoms with E-state index in [-0.39, 0.29) is 6.04 Å². The summed E-state index contributed by atoms with van der Waals surface area (Å²) in [5, 5.41) is 9.44. The Balaban J connectivity index is 1.93. The Morgan fingerprint density at radius 3 is 2.35 bits per heavy atom. The molecule has 0 spiro atoms. The SMILES string of the molecule is CCCn1nc(C)c(-c2cncn2CC(C)n2nc(C)c(C)c2C)c1C. The molecule has 0 radical (unpaired) electrons. The second kappa shape index (κ2) is 7.09. The zero-order chi connectivity index (χ0) is 19.0. The van der Waals surface area contributed by atoms with Crippen molar-refractivity contribution in [1.82, 2.24) is 29.1 Å². The van der Waals surface area contributed by atoms with Gasteiger partial charge in [0.05, 0.1) is 35.6 Å². The first kappa shape index (κ1) is 18.4. The lowest BCUT2D eigenvalue weighted by Crippen LogP contribution is -2.16. The molecule has 0 aliphatic heterocycles. The summed E-state index contributed by atoms with van der Waals surface area (Å²) >= 11 is 0. The molecule has 3 aromatic heterocycles. The van der Waals surface area contributed by atoms with Crippen molar-refractivity contribution in [3.05, 3.63) is 40.9 Å². The van der Waals surface area contributed by atoms with Crippen molar-refractivity contribution in [1.29, 1.82) is 0 Å². The van der Waals surface area contributed by atoms with Gasteiger partial charge >= 0.3 is 0 Å². The van der Waals surface area contributed by atoms with Crippen LogP contribution in [0.1, 0.15) is 54.6 Å². The van der Waals surface area contributed by atoms with Crippen LogP contribution in [0, 0.1) is 34.6 Å². The number of nitrogens with zero attached hydrogens (tertiary/aromatic N) is 6. The van der Waals surface area contributed by atoms with Crippen LogP contribution < -0.4 is 0 Å². The maximum absolute atomic E-state index is 4.72. The van der Waals surface area contributed by atoms with Gasteiger partial charge in [-0.2, -0.15) is 10.2 Å². The molecule has 0 aromatic carbocycles. The van der Waals surface area contributed by atoms with Gasteiger partial charge in [-0.05, 0) is 53.5 Å². The fraction of sp³-hybridized carbons (Fsp3) is 0.550. The third kappa shape index (κ3) is 3.08. The van der Waals surface area contributed by atoms with Crippen LogP contribution in [0.15, 0.2) is 12.5 Å². The van der Waals surface area contributed by atoms with Crippen LogP contribution >= 0.6 is 0 Å². The molecule has 6 nitrogen and oxygen atoms in total. The number of rotatable bonds is 6. The molecule has 0 fully saturated rings. The second-order valence-electron chi connectivity index (χ2n) is 7.29. The summed E-state index contributed by atoms with van der Waals surface area (Å²) in [7, 11) is 0. The van der Waals surface area contributed by atoms with Gasteiger partial charge in [0.25, 0.3) is 0 Å². The standard InChI is InChI=1S/C20H30N6/c1-8-9-25-18(7)20(16(5)22-25)19-10-21-12-24(19)11-13(2)26-17(6)14(3)15(4)23-26/h10,12-13H,8-9,11H2,1-7H3. The van der Waals surface area contributed by atoms with Gasteiger partial charge in [-0.3, -0.25) is 9.36 Å². The maximum atomic E-state index is 4.72. The summed E-state index contributed by atoms with van der Waals surface area (Å²) < 4.78 is 6.47. The lowest BCUT2D eigenvalue weighted by molar-refractivity contribution is 0.418. The summed E-state index contributed by atoms with van der Waals surface area (Å²) in [4.78, 5) is 4.42. The van der Waals surface area contributed by atoms with Gasteiger partial charge in [0.2, 0.25) is 0 Å². The van der Waals surface area contributed by atoms with E-state index in [1.165, 1.54) is 22.5 Å². The minimum absolute atomic E-state index is 0.252. The largest absolute Gasteiger partial charge is 0.328 e. The molecular formula is C20H30N6. The van der Waals surface area contributed by atoms with Crippen LogP contribution in [0.4, 0.5) is 0 Å². The van der Waals surface area contributed by atoms with Crippen LogP contribution in [0.2, 0.25) is 0 Å². The Morgan fingerprint density at radius 1 is 1.00 bits per heavy atom. The highest BCUT2D eigenvalue weighted by molar-refractivity contribution is 5.64. The predicted molar refractivity (Wildman–Crippen MR) is 104 cm³/mol. The summed E-state index contributed by atoms with van der Waals surface area (Å²) in [6.45, 7) is 16.7. The fourth-order valence-electron chi connectivity index (χ4n) is 3.71. The Morgan fingerprint density at radius 2 is 1.73 bits per heavy atom. The highest BCUT2D eigenvalue weighted by atomic mass is 15.3. The quantitative estimate of drug-likeness (QED) is 0.668. The average molecular weight is 355 g/mol. The molecule has 0 aliphatic carbocycles. The van der Waals surface area contributed by atoms with E-state index >= 15 is 0 Å². The summed E-state index contributed by atoms with van der Waals surface area (Å²) in [6.07, 6.45) is 4.95. The smallest absolute Gasteiger partial charge is 0.0951 e. The highest BCUT2D eigenvalue weighted by Crippen LogP contribution is 2.28. The van der Waals surface area contributed by atoms with Crippen molar-refractivity contribution in [2.45, 2.75) is 74.0 Å². The average Bonchev–Trinajstić information content (AvgIpc) is 3.22. The van der Waals surface area contributed by atoms with E-state index in [2.05, 4.69) is 67.4 Å². The molecule has 0 amide bonds. The molecule has 3 aromatic rings. The first-order valence-corrected chi connectivity index (χ1v) is 9.41. The van der Waals surface area contributed by atoms with Gasteiger partial charge in [0.1, 0.15) is 0 Å². The third-order valence-electron chi connectivity index (χ3n) is 5.35. The fourth-order valence-corrected chi connectivity index (χ4v) is 3.71. The first-order chi connectivity index (χ1) is 12.3. The molecule has 140 valence electrons. The molecule has 1 unspecified atom stereocenters. The van der Waals surface area contributed by atoms with Crippen LogP contribution in [-0.4, -0.2) is 29.1 Å². The van der Waals surface area contributed by atoms with Crippen molar-refractivity contribution in [2.75, 3.05) is 0 Å². The molecule has 3 heterocycles. The number of hydrogen-bond acceptors (Lipinski definition) is 3. The lowest BCUT2D eigenvalue weighted by Gasteiger charge is -2.17. The van der Waals surface area contributed by atoms with Crippen molar-refractivity contribution in [3.8, 4) is 11.3 Å². The van der Waals surface area contributed by atoms with E-state index < -0.39 is 0 Å². The number of aryl methyl sites for hydroxylation is 3. The highest BCUT2D eigenvalue weighted by Gasteiger charge is 2.19. The minimum atomic E-state index is 0.252. The molecule has 3 rings (SSSR count). The summed E-state index contributed by atoms with van der Waals surface area (Å²) in [5.74, 6) is 0. The summed E-state index contributed by atoms with van der Waals surface area (Å²) in [5.41, 5.74) is 8.22. The Bertz CT molecular complexity index is 911. The molecule has 26 heavy (non-hydrogen) atoms. The van der Waals surface area contributed by atoms with Crippen LogP contribution in [0.5, 0.6) is 0 Å². The zero-order valence-corrected chi connectivity index (χ0v) is 17.0. The number of hydrogen-bond donors (Lipinski definition) is 0. The number of imidazole rings is 1. The molecule has 0 N–H and O–H groups in total. The van der Waals surface area contributed by atoms with E-state index in [1.807, 2.05) is 12.5 Å². The van der Waals surface area contributed by atoms with E-state index in [0.717, 1.165) is 36.6 Å². The molecular weight excluding hydrogens is 324 g/mol. The van der Waals surface area contributed by atoms with E-state index in [1.54, 1.807) is 0 Å². The number of aromatic nitrogens is 6. The summed E-state index contributed by atoms with van der Waals surface area (Å²) in [6, 6.07) is 0.252. The van der Waals surface area contributed by atoms with E-state index in [0.29, 0.717) is 0 Å². The van der Waals surface area contributed by atoms with Gasteiger partial charge < -0.3 is 4.57 Å². The van der Waals surface area contributed by atoms with Gasteiger partial charge in [0, 0.05) is 30.0 Å². The predicted octanol–water partition coefficient (Wildman–Crippen LogP) is 4.16. The topological polar surface area (TPSA) is 53.5 Å². The van der Waals surface area contributed by atoms with Crippen molar-refractivity contribution >= 4 is 0 Å². The van der Waals surface area contributed by atoms with Gasteiger partial charge in [-0.1, -0.05) is 6.92 Å². The van der Waals surface area contributed by atoms with Crippen molar-refractivity contribution in [3.63, 3.8) is 0 Å². The first-order valence-electron chi connectivity index (χ1n) is 9.41. The molecule has 0 saturated heterocycles. The van der Waals surface area contributed by atoms with Gasteiger partial charge in [0.15, 0.2) is 0 Å². The van der Waals surface area contributed by atoms with Crippen LogP contribution in [-0.2, 0) is 13.1 Å². The Hall–Kier alpha value is -2.37. The Kier molecular flexibility index (Phi) is 5.03. The normalized spacial score (nSPS) is 12.7. The van der Waals surface area contributed by atoms with E-state index in [9.17, 15) is 0 Å². The van der Waals surface area contributed by atoms with Gasteiger partial charge in [-0.15, -0.1) is 0 Å². The molecule has 0 saturated carbocycles. The monoisotopic (exact) mass is 354 g/mol. The van der Waals surface area contributed by atoms with Crippen molar-refractivity contribution < 1.29 is 0 Å². The van der Waals surface area contributed by atoms with Crippen LogP contribution in [0.3, 0.4) is 0 Å². The van der Waals surface area contributed by atoms with Gasteiger partial charge in [-0.25, -0.2) is 4.98 Å². The minimum Gasteiger partial charge on any atom is -0.328 e. The molecule has 1 atom stereocenters. The molecule has 0 aliphatic rings. The third-order valence-corrected chi connectivity index (χ3v) is 5.35. The van der Waals surface area contributed by atoms with E-state index in [4.69, 9.17) is 10.2 Å². The molecule has 0 bridgehead atoms.